The minimum absolute atomic E-state index is 0.122. The predicted octanol–water partition coefficient (Wildman–Crippen LogP) is 3.79. The molecule has 0 aliphatic carbocycles. The van der Waals surface area contributed by atoms with Crippen molar-refractivity contribution in [1.82, 2.24) is 15.6 Å². The van der Waals surface area contributed by atoms with E-state index in [1.165, 1.54) is 5.01 Å². The summed E-state index contributed by atoms with van der Waals surface area (Å²) in [4.78, 5) is 14.1. The first-order valence-corrected chi connectivity index (χ1v) is 12.9. The van der Waals surface area contributed by atoms with Crippen LogP contribution in [-0.2, 0) is 11.3 Å². The number of amides is 1. The third-order valence-corrected chi connectivity index (χ3v) is 7.16. The normalized spacial score (nSPS) is 14.7. The molecule has 1 amide bonds. The van der Waals surface area contributed by atoms with Crippen LogP contribution < -0.4 is 24.8 Å². The Morgan fingerprint density at radius 3 is 2.05 bits per heavy atom. The van der Waals surface area contributed by atoms with Crippen molar-refractivity contribution in [2.24, 2.45) is 5.10 Å². The number of rotatable bonds is 10. The van der Waals surface area contributed by atoms with Crippen LogP contribution in [0.25, 0.3) is 11.1 Å². The maximum Gasteiger partial charge on any atom is 0.263 e. The van der Waals surface area contributed by atoms with Gasteiger partial charge in [0.2, 0.25) is 0 Å². The average molecular weight is 533 g/mol. The lowest BCUT2D eigenvalue weighted by molar-refractivity contribution is -0.140. The number of phenols is 1. The molecule has 0 saturated carbocycles. The van der Waals surface area contributed by atoms with Crippen molar-refractivity contribution < 1.29 is 24.1 Å². The number of methoxy groups -OCH3 is 3. The van der Waals surface area contributed by atoms with Crippen LogP contribution in [0.3, 0.4) is 0 Å². The Labute approximate surface area is 229 Å². The second-order valence-corrected chi connectivity index (χ2v) is 9.37. The second kappa shape index (κ2) is 12.6. The number of carbonyl (C=O) groups excluding carboxylic acids is 1. The standard InChI is InChI=1S/C30H36N4O5/c1-31-30(13-15-32-16-14-30)29(36)34(20-26-27(38-3)17-25(37-2)18-28(26)39-4)33-19-21-5-7-22(8-6-21)23-9-11-24(35)12-10-23/h5-12,17-19,31-32,35H,13-16,20H2,1-4H3/b33-19+. The van der Waals surface area contributed by atoms with E-state index in [9.17, 15) is 9.90 Å². The molecule has 1 aliphatic heterocycles. The summed E-state index contributed by atoms with van der Waals surface area (Å²) in [5.41, 5.74) is 2.80. The summed E-state index contributed by atoms with van der Waals surface area (Å²) in [5.74, 6) is 1.78. The number of hydrogen-bond donors (Lipinski definition) is 3. The Morgan fingerprint density at radius 1 is 0.974 bits per heavy atom. The van der Waals surface area contributed by atoms with E-state index in [0.29, 0.717) is 35.7 Å². The third kappa shape index (κ3) is 6.32. The first kappa shape index (κ1) is 27.9. The number of carbonyl (C=O) groups is 1. The first-order valence-electron chi connectivity index (χ1n) is 12.9. The molecular formula is C30H36N4O5. The minimum atomic E-state index is -0.738. The Hall–Kier alpha value is -4.08. The number of likely N-dealkylation sites (N-methyl/N-ethyl adjacent to an activating group) is 1. The highest BCUT2D eigenvalue weighted by Crippen LogP contribution is 2.36. The molecule has 3 aromatic rings. The van der Waals surface area contributed by atoms with E-state index in [1.807, 2.05) is 43.4 Å². The summed E-state index contributed by atoms with van der Waals surface area (Å²) in [7, 11) is 6.55. The van der Waals surface area contributed by atoms with Gasteiger partial charge in [0.15, 0.2) is 0 Å². The number of ether oxygens (including phenoxy) is 3. The highest BCUT2D eigenvalue weighted by Gasteiger charge is 2.41. The number of piperidine rings is 1. The van der Waals surface area contributed by atoms with Crippen LogP contribution in [0, 0.1) is 0 Å². The molecule has 0 bridgehead atoms. The molecular weight excluding hydrogens is 496 g/mol. The molecule has 1 heterocycles. The van der Waals surface area contributed by atoms with Crippen molar-refractivity contribution in [2.75, 3.05) is 41.5 Å². The molecule has 4 rings (SSSR count). The van der Waals surface area contributed by atoms with Crippen molar-refractivity contribution in [2.45, 2.75) is 24.9 Å². The average Bonchev–Trinajstić information content (AvgIpc) is 2.99. The number of benzene rings is 3. The van der Waals surface area contributed by atoms with Gasteiger partial charge in [0.05, 0.1) is 39.7 Å². The Bertz CT molecular complexity index is 1260. The van der Waals surface area contributed by atoms with Gasteiger partial charge in [-0.2, -0.15) is 5.10 Å². The van der Waals surface area contributed by atoms with E-state index in [1.54, 1.807) is 51.8 Å². The molecule has 0 spiro atoms. The van der Waals surface area contributed by atoms with Gasteiger partial charge in [0.1, 0.15) is 28.5 Å². The quantitative estimate of drug-likeness (QED) is 0.270. The largest absolute Gasteiger partial charge is 0.508 e. The molecule has 9 nitrogen and oxygen atoms in total. The zero-order valence-corrected chi connectivity index (χ0v) is 22.9. The number of nitrogens with one attached hydrogen (secondary N) is 2. The topological polar surface area (TPSA) is 105 Å². The van der Waals surface area contributed by atoms with Crippen LogP contribution in [0.15, 0.2) is 65.8 Å². The molecule has 206 valence electrons. The molecule has 3 aromatic carbocycles. The Morgan fingerprint density at radius 2 is 1.54 bits per heavy atom. The molecule has 1 fully saturated rings. The predicted molar refractivity (Wildman–Crippen MR) is 152 cm³/mol. The zero-order valence-electron chi connectivity index (χ0n) is 22.9. The van der Waals surface area contributed by atoms with E-state index in [0.717, 1.165) is 29.8 Å². The van der Waals surface area contributed by atoms with Gasteiger partial charge in [-0.3, -0.25) is 4.79 Å². The van der Waals surface area contributed by atoms with Gasteiger partial charge in [0, 0.05) is 12.1 Å². The molecule has 0 radical (unpaired) electrons. The fourth-order valence-corrected chi connectivity index (χ4v) is 4.77. The SMILES string of the molecule is CNC1(C(=O)N(Cc2c(OC)cc(OC)cc2OC)/N=C/c2ccc(-c3ccc(O)cc3)cc2)CCNCC1. The summed E-state index contributed by atoms with van der Waals surface area (Å²) in [6.45, 7) is 1.62. The molecule has 1 aliphatic rings. The summed E-state index contributed by atoms with van der Waals surface area (Å²) in [5, 5.41) is 22.3. The minimum Gasteiger partial charge on any atom is -0.508 e. The number of nitrogens with zero attached hydrogens (tertiary/aromatic N) is 2. The maximum absolute atomic E-state index is 14.1. The van der Waals surface area contributed by atoms with Gasteiger partial charge in [-0.15, -0.1) is 0 Å². The van der Waals surface area contributed by atoms with Crippen molar-refractivity contribution >= 4 is 12.1 Å². The van der Waals surface area contributed by atoms with E-state index < -0.39 is 5.54 Å². The van der Waals surface area contributed by atoms with Crippen molar-refractivity contribution in [3.05, 3.63) is 71.8 Å². The zero-order chi connectivity index (χ0) is 27.8. The van der Waals surface area contributed by atoms with Gasteiger partial charge >= 0.3 is 0 Å². The fourth-order valence-electron chi connectivity index (χ4n) is 4.77. The lowest BCUT2D eigenvalue weighted by atomic mass is 9.87. The Kier molecular flexibility index (Phi) is 9.06. The first-order chi connectivity index (χ1) is 18.9. The fraction of sp³-hybridized carbons (Fsp3) is 0.333. The highest BCUT2D eigenvalue weighted by molar-refractivity contribution is 5.88. The molecule has 9 heteroatoms. The molecule has 0 atom stereocenters. The second-order valence-electron chi connectivity index (χ2n) is 9.37. The number of aromatic hydroxyl groups is 1. The summed E-state index contributed by atoms with van der Waals surface area (Å²) >= 11 is 0. The van der Waals surface area contributed by atoms with E-state index >= 15 is 0 Å². The van der Waals surface area contributed by atoms with Crippen LogP contribution in [-0.4, -0.2) is 69.2 Å². The van der Waals surface area contributed by atoms with Gasteiger partial charge in [0.25, 0.3) is 5.91 Å². The van der Waals surface area contributed by atoms with Crippen LogP contribution >= 0.6 is 0 Å². The molecule has 39 heavy (non-hydrogen) atoms. The summed E-state index contributed by atoms with van der Waals surface area (Å²) < 4.78 is 16.7. The van der Waals surface area contributed by atoms with Gasteiger partial charge in [-0.25, -0.2) is 5.01 Å². The number of hydrogen-bond acceptors (Lipinski definition) is 8. The summed E-state index contributed by atoms with van der Waals surface area (Å²) in [6, 6.07) is 18.4. The molecule has 1 saturated heterocycles. The number of hydrazone groups is 1. The molecule has 0 unspecified atom stereocenters. The van der Waals surface area contributed by atoms with Crippen molar-refractivity contribution in [3.8, 4) is 34.1 Å². The number of phenolic OH excluding ortho intramolecular Hbond substituents is 1. The lowest BCUT2D eigenvalue weighted by Gasteiger charge is -2.38. The molecule has 0 aromatic heterocycles. The van der Waals surface area contributed by atoms with Gasteiger partial charge in [-0.1, -0.05) is 36.4 Å². The third-order valence-electron chi connectivity index (χ3n) is 7.16. The van der Waals surface area contributed by atoms with Crippen LogP contribution in [0.1, 0.15) is 24.0 Å². The monoisotopic (exact) mass is 532 g/mol. The summed E-state index contributed by atoms with van der Waals surface area (Å²) in [6.07, 6.45) is 2.98. The van der Waals surface area contributed by atoms with E-state index in [4.69, 9.17) is 14.2 Å². The smallest absolute Gasteiger partial charge is 0.263 e. The van der Waals surface area contributed by atoms with Gasteiger partial charge in [-0.05, 0) is 61.8 Å². The van der Waals surface area contributed by atoms with Crippen molar-refractivity contribution in [3.63, 3.8) is 0 Å². The molecule has 3 N–H and O–H groups in total. The highest BCUT2D eigenvalue weighted by atomic mass is 16.5. The van der Waals surface area contributed by atoms with Gasteiger partial charge < -0.3 is 30.0 Å². The van der Waals surface area contributed by atoms with E-state index in [-0.39, 0.29) is 18.2 Å². The van der Waals surface area contributed by atoms with Crippen LogP contribution in [0.2, 0.25) is 0 Å². The maximum atomic E-state index is 14.1. The van der Waals surface area contributed by atoms with Crippen molar-refractivity contribution in [1.29, 1.82) is 0 Å². The lowest BCUT2D eigenvalue weighted by Crippen LogP contribution is -2.60. The van der Waals surface area contributed by atoms with E-state index in [2.05, 4.69) is 15.7 Å². The van der Waals surface area contributed by atoms with Crippen LogP contribution in [0.5, 0.6) is 23.0 Å². The van der Waals surface area contributed by atoms with Crippen LogP contribution in [0.4, 0.5) is 0 Å². The Balaban J connectivity index is 1.67.